The fourth-order valence-corrected chi connectivity index (χ4v) is 2.65. The highest BCUT2D eigenvalue weighted by molar-refractivity contribution is 5.97. The normalized spacial score (nSPS) is 19.8. The van der Waals surface area contributed by atoms with Gasteiger partial charge in [-0.1, -0.05) is 18.2 Å². The van der Waals surface area contributed by atoms with Crippen LogP contribution in [0.3, 0.4) is 0 Å². The Balaban J connectivity index is 2.33. The minimum absolute atomic E-state index is 0.0600. The Labute approximate surface area is 114 Å². The number of carbonyl (C=O) groups excluding carboxylic acids is 1. The molecule has 1 aromatic carbocycles. The molecule has 0 spiro atoms. The molecule has 1 saturated heterocycles. The van der Waals surface area contributed by atoms with Crippen LogP contribution in [-0.2, 0) is 9.53 Å². The van der Waals surface area contributed by atoms with E-state index in [0.29, 0.717) is 6.61 Å². The summed E-state index contributed by atoms with van der Waals surface area (Å²) in [7, 11) is 1.93. The number of hydrogen-bond donors (Lipinski definition) is 1. The third-order valence-corrected chi connectivity index (χ3v) is 3.58. The average molecular weight is 262 g/mol. The highest BCUT2D eigenvalue weighted by Crippen LogP contribution is 2.29. The standard InChI is InChI=1S/C15H22N2O2/c1-11-5-4-6-12(2)15(11)17-13(7-8-16-3)9-19-10-14(17)18/h4-6,13,16H,7-10H2,1-3H3. The summed E-state index contributed by atoms with van der Waals surface area (Å²) in [6, 6.07) is 6.26. The summed E-state index contributed by atoms with van der Waals surface area (Å²) in [6.07, 6.45) is 0.899. The molecule has 2 rings (SSSR count). The highest BCUT2D eigenvalue weighted by Gasteiger charge is 2.31. The molecule has 4 nitrogen and oxygen atoms in total. The topological polar surface area (TPSA) is 41.6 Å². The number of anilines is 1. The number of hydrogen-bond acceptors (Lipinski definition) is 3. The Morgan fingerprint density at radius 3 is 2.68 bits per heavy atom. The number of morpholine rings is 1. The number of benzene rings is 1. The molecule has 0 saturated carbocycles. The highest BCUT2D eigenvalue weighted by atomic mass is 16.5. The Morgan fingerprint density at radius 1 is 1.37 bits per heavy atom. The van der Waals surface area contributed by atoms with Gasteiger partial charge in [0.25, 0.3) is 5.91 Å². The predicted molar refractivity (Wildman–Crippen MR) is 76.6 cm³/mol. The second-order valence-electron chi connectivity index (χ2n) is 5.07. The van der Waals surface area contributed by atoms with E-state index in [1.165, 1.54) is 0 Å². The lowest BCUT2D eigenvalue weighted by Gasteiger charge is -2.37. The zero-order chi connectivity index (χ0) is 13.8. The monoisotopic (exact) mass is 262 g/mol. The molecule has 0 radical (unpaired) electrons. The number of rotatable bonds is 4. The molecular weight excluding hydrogens is 240 g/mol. The lowest BCUT2D eigenvalue weighted by atomic mass is 10.0. The molecule has 0 aromatic heterocycles. The Hall–Kier alpha value is -1.39. The van der Waals surface area contributed by atoms with Crippen LogP contribution in [0, 0.1) is 13.8 Å². The fourth-order valence-electron chi connectivity index (χ4n) is 2.65. The first-order valence-electron chi connectivity index (χ1n) is 6.75. The van der Waals surface area contributed by atoms with Gasteiger partial charge < -0.3 is 15.0 Å². The van der Waals surface area contributed by atoms with Gasteiger partial charge in [-0.15, -0.1) is 0 Å². The van der Waals surface area contributed by atoms with E-state index in [-0.39, 0.29) is 18.6 Å². The van der Waals surface area contributed by atoms with Crippen LogP contribution in [0.5, 0.6) is 0 Å². The van der Waals surface area contributed by atoms with Crippen LogP contribution in [0.1, 0.15) is 17.5 Å². The molecule has 1 aliphatic rings. The molecule has 0 bridgehead atoms. The van der Waals surface area contributed by atoms with E-state index < -0.39 is 0 Å². The first-order valence-corrected chi connectivity index (χ1v) is 6.75. The first-order chi connectivity index (χ1) is 9.15. The van der Waals surface area contributed by atoms with Crippen LogP contribution in [0.4, 0.5) is 5.69 Å². The summed E-state index contributed by atoms with van der Waals surface area (Å²) in [6.45, 7) is 5.79. The largest absolute Gasteiger partial charge is 0.369 e. The van der Waals surface area contributed by atoms with Crippen molar-refractivity contribution in [3.05, 3.63) is 29.3 Å². The number of para-hydroxylation sites is 1. The molecule has 1 aliphatic heterocycles. The molecule has 0 aliphatic carbocycles. The van der Waals surface area contributed by atoms with Gasteiger partial charge in [0.05, 0.1) is 12.6 Å². The van der Waals surface area contributed by atoms with Crippen molar-refractivity contribution in [1.82, 2.24) is 5.32 Å². The SMILES string of the molecule is CNCCC1COCC(=O)N1c1c(C)cccc1C. The number of amides is 1. The van der Waals surface area contributed by atoms with E-state index in [1.807, 2.05) is 18.0 Å². The number of aryl methyl sites for hydroxylation is 2. The van der Waals surface area contributed by atoms with Crippen molar-refractivity contribution in [2.24, 2.45) is 0 Å². The Bertz CT molecular complexity index is 439. The second kappa shape index (κ2) is 6.17. The molecule has 19 heavy (non-hydrogen) atoms. The fraction of sp³-hybridized carbons (Fsp3) is 0.533. The van der Waals surface area contributed by atoms with Crippen molar-refractivity contribution in [3.63, 3.8) is 0 Å². The lowest BCUT2D eigenvalue weighted by Crippen LogP contribution is -2.51. The van der Waals surface area contributed by atoms with Gasteiger partial charge in [-0.2, -0.15) is 0 Å². The number of nitrogens with zero attached hydrogens (tertiary/aromatic N) is 1. The maximum atomic E-state index is 12.3. The van der Waals surface area contributed by atoms with E-state index in [9.17, 15) is 4.79 Å². The van der Waals surface area contributed by atoms with Gasteiger partial charge in [-0.3, -0.25) is 4.79 Å². The van der Waals surface area contributed by atoms with E-state index in [1.54, 1.807) is 0 Å². The molecule has 1 aromatic rings. The van der Waals surface area contributed by atoms with E-state index in [0.717, 1.165) is 29.8 Å². The van der Waals surface area contributed by atoms with Gasteiger partial charge >= 0.3 is 0 Å². The van der Waals surface area contributed by atoms with Crippen molar-refractivity contribution in [2.45, 2.75) is 26.3 Å². The Morgan fingerprint density at radius 2 is 2.05 bits per heavy atom. The molecule has 1 unspecified atom stereocenters. The summed E-state index contributed by atoms with van der Waals surface area (Å²) in [5.74, 6) is 0.0600. The third kappa shape index (κ3) is 2.96. The zero-order valence-corrected chi connectivity index (χ0v) is 11.9. The van der Waals surface area contributed by atoms with E-state index >= 15 is 0 Å². The van der Waals surface area contributed by atoms with Crippen molar-refractivity contribution in [1.29, 1.82) is 0 Å². The summed E-state index contributed by atoms with van der Waals surface area (Å²) in [4.78, 5) is 14.2. The molecule has 1 heterocycles. The van der Waals surface area contributed by atoms with Crippen LogP contribution in [-0.4, -0.2) is 38.8 Å². The van der Waals surface area contributed by atoms with Crippen LogP contribution in [0.15, 0.2) is 18.2 Å². The summed E-state index contributed by atoms with van der Waals surface area (Å²) in [5.41, 5.74) is 3.34. The smallest absolute Gasteiger partial charge is 0.253 e. The molecule has 104 valence electrons. The number of carbonyl (C=O) groups is 1. The molecule has 1 fully saturated rings. The van der Waals surface area contributed by atoms with Crippen molar-refractivity contribution in [2.75, 3.05) is 31.7 Å². The minimum Gasteiger partial charge on any atom is -0.369 e. The molecule has 1 amide bonds. The number of ether oxygens (including phenoxy) is 1. The molecule has 1 atom stereocenters. The minimum atomic E-state index is 0.0600. The van der Waals surface area contributed by atoms with Crippen molar-refractivity contribution < 1.29 is 9.53 Å². The van der Waals surface area contributed by atoms with Crippen molar-refractivity contribution in [3.8, 4) is 0 Å². The maximum absolute atomic E-state index is 12.3. The van der Waals surface area contributed by atoms with Gasteiger partial charge in [0.1, 0.15) is 6.61 Å². The summed E-state index contributed by atoms with van der Waals surface area (Å²) < 4.78 is 5.40. The van der Waals surface area contributed by atoms with E-state index in [2.05, 4.69) is 31.3 Å². The van der Waals surface area contributed by atoms with Gasteiger partial charge in [0.15, 0.2) is 0 Å². The quantitative estimate of drug-likeness (QED) is 0.897. The second-order valence-corrected chi connectivity index (χ2v) is 5.07. The average Bonchev–Trinajstić information content (AvgIpc) is 2.38. The number of nitrogens with one attached hydrogen (secondary N) is 1. The van der Waals surface area contributed by atoms with Crippen LogP contribution >= 0.6 is 0 Å². The Kier molecular flexibility index (Phi) is 4.56. The maximum Gasteiger partial charge on any atom is 0.253 e. The third-order valence-electron chi connectivity index (χ3n) is 3.58. The van der Waals surface area contributed by atoms with Gasteiger partial charge in [-0.05, 0) is 45.0 Å². The van der Waals surface area contributed by atoms with Crippen LogP contribution < -0.4 is 10.2 Å². The van der Waals surface area contributed by atoms with Gasteiger partial charge in [-0.25, -0.2) is 0 Å². The predicted octanol–water partition coefficient (Wildman–Crippen LogP) is 1.64. The van der Waals surface area contributed by atoms with Crippen LogP contribution in [0.25, 0.3) is 0 Å². The summed E-state index contributed by atoms with van der Waals surface area (Å²) in [5, 5.41) is 3.14. The molecular formula is C15H22N2O2. The molecule has 4 heteroatoms. The van der Waals surface area contributed by atoms with Crippen molar-refractivity contribution >= 4 is 11.6 Å². The van der Waals surface area contributed by atoms with Gasteiger partial charge in [0, 0.05) is 5.69 Å². The first kappa shape index (κ1) is 14.0. The lowest BCUT2D eigenvalue weighted by molar-refractivity contribution is -0.127. The van der Waals surface area contributed by atoms with Crippen LogP contribution in [0.2, 0.25) is 0 Å². The molecule has 1 N–H and O–H groups in total. The summed E-state index contributed by atoms with van der Waals surface area (Å²) >= 11 is 0. The van der Waals surface area contributed by atoms with Gasteiger partial charge in [0.2, 0.25) is 0 Å². The zero-order valence-electron chi connectivity index (χ0n) is 11.9. The van der Waals surface area contributed by atoms with E-state index in [4.69, 9.17) is 4.74 Å².